The first-order valence-electron chi connectivity index (χ1n) is 7.16. The largest absolute Gasteiger partial charge is 0.394 e. The number of amides is 3. The summed E-state index contributed by atoms with van der Waals surface area (Å²) < 4.78 is 0. The monoisotopic (exact) mass is 291 g/mol. The van der Waals surface area contributed by atoms with Gasteiger partial charge in [0.05, 0.1) is 12.6 Å². The second kappa shape index (κ2) is 7.08. The molecule has 1 fully saturated rings. The van der Waals surface area contributed by atoms with Gasteiger partial charge in [-0.3, -0.25) is 4.79 Å². The third-order valence-corrected chi connectivity index (χ3v) is 3.78. The number of piperidine rings is 1. The predicted molar refractivity (Wildman–Crippen MR) is 78.6 cm³/mol. The van der Waals surface area contributed by atoms with E-state index in [0.29, 0.717) is 18.7 Å². The van der Waals surface area contributed by atoms with Crippen LogP contribution >= 0.6 is 0 Å². The van der Waals surface area contributed by atoms with Crippen LogP contribution < -0.4 is 11.1 Å². The zero-order valence-electron chi connectivity index (χ0n) is 11.9. The molecule has 2 rings (SSSR count). The van der Waals surface area contributed by atoms with Gasteiger partial charge in [-0.25, -0.2) is 4.79 Å². The SMILES string of the molecule is NC(=O)c1ccc(CNC(=O)N2CCCC[C@@H]2CO)cc1. The molecule has 21 heavy (non-hydrogen) atoms. The fourth-order valence-electron chi connectivity index (χ4n) is 2.52. The summed E-state index contributed by atoms with van der Waals surface area (Å²) in [6.45, 7) is 1.06. The van der Waals surface area contributed by atoms with Crippen LogP contribution in [0.25, 0.3) is 0 Å². The highest BCUT2D eigenvalue weighted by Crippen LogP contribution is 2.16. The van der Waals surface area contributed by atoms with E-state index in [1.807, 2.05) is 0 Å². The Balaban J connectivity index is 1.89. The van der Waals surface area contributed by atoms with Gasteiger partial charge in [0, 0.05) is 18.7 Å². The van der Waals surface area contributed by atoms with Crippen LogP contribution in [0, 0.1) is 0 Å². The Kier molecular flexibility index (Phi) is 5.16. The number of hydrogen-bond acceptors (Lipinski definition) is 3. The number of hydrogen-bond donors (Lipinski definition) is 3. The smallest absolute Gasteiger partial charge is 0.317 e. The molecule has 0 spiro atoms. The molecule has 0 unspecified atom stereocenters. The predicted octanol–water partition coefficient (Wildman–Crippen LogP) is 0.842. The number of benzene rings is 1. The highest BCUT2D eigenvalue weighted by atomic mass is 16.3. The lowest BCUT2D eigenvalue weighted by atomic mass is 10.0. The van der Waals surface area contributed by atoms with E-state index in [-0.39, 0.29) is 18.7 Å². The molecule has 0 bridgehead atoms. The lowest BCUT2D eigenvalue weighted by molar-refractivity contribution is 0.1000. The minimum absolute atomic E-state index is 0.000723. The molecule has 6 nitrogen and oxygen atoms in total. The highest BCUT2D eigenvalue weighted by Gasteiger charge is 2.25. The number of likely N-dealkylation sites (tertiary alicyclic amines) is 1. The first kappa shape index (κ1) is 15.3. The van der Waals surface area contributed by atoms with E-state index in [1.165, 1.54) is 0 Å². The van der Waals surface area contributed by atoms with Gasteiger partial charge in [0.25, 0.3) is 0 Å². The van der Waals surface area contributed by atoms with Crippen LogP contribution in [-0.4, -0.2) is 41.1 Å². The standard InChI is InChI=1S/C15H21N3O3/c16-14(20)12-6-4-11(5-7-12)9-17-15(21)18-8-2-1-3-13(18)10-19/h4-7,13,19H,1-3,8-10H2,(H2,16,20)(H,17,21)/t13-/m1/s1. The molecule has 114 valence electrons. The average molecular weight is 291 g/mol. The number of rotatable bonds is 4. The van der Waals surface area contributed by atoms with E-state index in [4.69, 9.17) is 5.73 Å². The van der Waals surface area contributed by atoms with Crippen LogP contribution in [0.2, 0.25) is 0 Å². The maximum absolute atomic E-state index is 12.1. The summed E-state index contributed by atoms with van der Waals surface area (Å²) in [5.74, 6) is -0.468. The van der Waals surface area contributed by atoms with Crippen molar-refractivity contribution in [3.05, 3.63) is 35.4 Å². The molecule has 1 saturated heterocycles. The normalized spacial score (nSPS) is 18.3. The summed E-state index contributed by atoms with van der Waals surface area (Å²) in [5.41, 5.74) is 6.52. The van der Waals surface area contributed by atoms with E-state index in [0.717, 1.165) is 24.8 Å². The Morgan fingerprint density at radius 3 is 2.62 bits per heavy atom. The molecule has 3 amide bonds. The Morgan fingerprint density at radius 1 is 1.29 bits per heavy atom. The Labute approximate surface area is 123 Å². The molecule has 6 heteroatoms. The third kappa shape index (κ3) is 3.95. The van der Waals surface area contributed by atoms with Crippen molar-refractivity contribution in [2.75, 3.05) is 13.2 Å². The quantitative estimate of drug-likeness (QED) is 0.767. The molecule has 0 aromatic heterocycles. The Bertz CT molecular complexity index is 501. The Morgan fingerprint density at radius 2 is 2.00 bits per heavy atom. The fourth-order valence-corrected chi connectivity index (χ4v) is 2.52. The number of aliphatic hydroxyl groups excluding tert-OH is 1. The minimum Gasteiger partial charge on any atom is -0.394 e. The zero-order valence-corrected chi connectivity index (χ0v) is 11.9. The molecule has 0 radical (unpaired) electrons. The first-order valence-corrected chi connectivity index (χ1v) is 7.16. The van der Waals surface area contributed by atoms with E-state index in [2.05, 4.69) is 5.32 Å². The van der Waals surface area contributed by atoms with Crippen LogP contribution in [-0.2, 0) is 6.54 Å². The van der Waals surface area contributed by atoms with E-state index in [9.17, 15) is 14.7 Å². The van der Waals surface area contributed by atoms with E-state index >= 15 is 0 Å². The summed E-state index contributed by atoms with van der Waals surface area (Å²) in [6, 6.07) is 6.56. The van der Waals surface area contributed by atoms with Gasteiger partial charge in [-0.15, -0.1) is 0 Å². The van der Waals surface area contributed by atoms with E-state index < -0.39 is 5.91 Å². The highest BCUT2D eigenvalue weighted by molar-refractivity contribution is 5.92. The molecule has 1 atom stereocenters. The number of aliphatic hydroxyl groups is 1. The summed E-state index contributed by atoms with van der Waals surface area (Å²) >= 11 is 0. The van der Waals surface area contributed by atoms with Gasteiger partial charge < -0.3 is 21.1 Å². The van der Waals surface area contributed by atoms with Crippen LogP contribution in [0.3, 0.4) is 0 Å². The first-order chi connectivity index (χ1) is 10.1. The molecule has 1 aliphatic rings. The topological polar surface area (TPSA) is 95.7 Å². The summed E-state index contributed by atoms with van der Waals surface area (Å²) in [7, 11) is 0. The third-order valence-electron chi connectivity index (χ3n) is 3.78. The summed E-state index contributed by atoms with van der Waals surface area (Å²) in [4.78, 5) is 24.8. The van der Waals surface area contributed by atoms with Crippen molar-refractivity contribution in [3.63, 3.8) is 0 Å². The van der Waals surface area contributed by atoms with Gasteiger partial charge in [0.2, 0.25) is 5.91 Å². The number of nitrogens with zero attached hydrogens (tertiary/aromatic N) is 1. The lowest BCUT2D eigenvalue weighted by Crippen LogP contribution is -2.49. The van der Waals surface area contributed by atoms with Gasteiger partial charge in [-0.1, -0.05) is 12.1 Å². The molecule has 1 aliphatic heterocycles. The zero-order chi connectivity index (χ0) is 15.2. The summed E-state index contributed by atoms with van der Waals surface area (Å²) in [5, 5.41) is 12.2. The molecular weight excluding hydrogens is 270 g/mol. The van der Waals surface area contributed by atoms with Crippen LogP contribution in [0.15, 0.2) is 24.3 Å². The van der Waals surface area contributed by atoms with Crippen molar-refractivity contribution in [2.24, 2.45) is 5.73 Å². The molecule has 1 aromatic carbocycles. The number of primary amides is 1. The minimum atomic E-state index is -0.468. The van der Waals surface area contributed by atoms with Gasteiger partial charge in [0.1, 0.15) is 0 Å². The second-order valence-corrected chi connectivity index (χ2v) is 5.25. The average Bonchev–Trinajstić information content (AvgIpc) is 2.52. The van der Waals surface area contributed by atoms with E-state index in [1.54, 1.807) is 29.2 Å². The molecule has 0 saturated carbocycles. The molecule has 1 aromatic rings. The molecule has 4 N–H and O–H groups in total. The number of carbonyl (C=O) groups excluding carboxylic acids is 2. The number of nitrogens with two attached hydrogens (primary N) is 1. The number of nitrogens with one attached hydrogen (secondary N) is 1. The molecular formula is C15H21N3O3. The Hall–Kier alpha value is -2.08. The maximum Gasteiger partial charge on any atom is 0.317 e. The van der Waals surface area contributed by atoms with Crippen molar-refractivity contribution in [2.45, 2.75) is 31.8 Å². The van der Waals surface area contributed by atoms with Crippen molar-refractivity contribution in [1.82, 2.24) is 10.2 Å². The maximum atomic E-state index is 12.1. The van der Waals surface area contributed by atoms with Crippen molar-refractivity contribution in [1.29, 1.82) is 0 Å². The summed E-state index contributed by atoms with van der Waals surface area (Å²) in [6.07, 6.45) is 2.86. The van der Waals surface area contributed by atoms with Crippen molar-refractivity contribution in [3.8, 4) is 0 Å². The van der Waals surface area contributed by atoms with Gasteiger partial charge >= 0.3 is 6.03 Å². The van der Waals surface area contributed by atoms with Crippen LogP contribution in [0.1, 0.15) is 35.2 Å². The number of urea groups is 1. The molecule has 1 heterocycles. The van der Waals surface area contributed by atoms with Crippen LogP contribution in [0.4, 0.5) is 4.79 Å². The second-order valence-electron chi connectivity index (χ2n) is 5.25. The van der Waals surface area contributed by atoms with Gasteiger partial charge in [0.15, 0.2) is 0 Å². The van der Waals surface area contributed by atoms with Crippen molar-refractivity contribution >= 4 is 11.9 Å². The fraction of sp³-hybridized carbons (Fsp3) is 0.467. The van der Waals surface area contributed by atoms with Gasteiger partial charge in [-0.2, -0.15) is 0 Å². The van der Waals surface area contributed by atoms with Crippen molar-refractivity contribution < 1.29 is 14.7 Å². The lowest BCUT2D eigenvalue weighted by Gasteiger charge is -2.34. The number of carbonyl (C=O) groups is 2. The van der Waals surface area contributed by atoms with Crippen LogP contribution in [0.5, 0.6) is 0 Å². The molecule has 0 aliphatic carbocycles. The van der Waals surface area contributed by atoms with Gasteiger partial charge in [-0.05, 0) is 37.0 Å².